The summed E-state index contributed by atoms with van der Waals surface area (Å²) < 4.78 is 33.7. The van der Waals surface area contributed by atoms with Gasteiger partial charge in [0.1, 0.15) is 28.5 Å². The van der Waals surface area contributed by atoms with Crippen molar-refractivity contribution in [3.8, 4) is 5.88 Å². The number of ether oxygens (including phenoxy) is 1. The average Bonchev–Trinajstić information content (AvgIpc) is 2.73. The predicted octanol–water partition coefficient (Wildman–Crippen LogP) is 3.34. The van der Waals surface area contributed by atoms with Crippen LogP contribution in [0.3, 0.4) is 0 Å². The average molecular weight is 480 g/mol. The van der Waals surface area contributed by atoms with Crippen molar-refractivity contribution >= 4 is 21.8 Å². The molecule has 156 valence electrons. The molecule has 0 saturated carbocycles. The Bertz CT molecular complexity index is 1150. The highest BCUT2D eigenvalue weighted by Gasteiger charge is 2.15. The standard InChI is InChI=1S/C20H16BrF2N3O4/c1-11-24-19(30-10-14-6-7-15(22)8-16(14)23)17(21)20(28)26(11)9-12-2-4-13(5-3-12)18(27)25-29/h2-8,29H,9-10H2,1H3,(H,25,27). The zero-order valence-corrected chi connectivity index (χ0v) is 17.2. The van der Waals surface area contributed by atoms with E-state index in [1.54, 1.807) is 24.5 Å². The van der Waals surface area contributed by atoms with E-state index >= 15 is 0 Å². The maximum absolute atomic E-state index is 13.8. The van der Waals surface area contributed by atoms with Crippen LogP contribution in [-0.4, -0.2) is 20.7 Å². The van der Waals surface area contributed by atoms with Crippen molar-refractivity contribution in [2.75, 3.05) is 0 Å². The fourth-order valence-corrected chi connectivity index (χ4v) is 3.11. The second-order valence-electron chi connectivity index (χ2n) is 6.33. The van der Waals surface area contributed by atoms with Gasteiger partial charge < -0.3 is 4.74 Å². The van der Waals surface area contributed by atoms with E-state index < -0.39 is 23.1 Å². The molecule has 0 aliphatic carbocycles. The predicted molar refractivity (Wildman–Crippen MR) is 106 cm³/mol. The first-order chi connectivity index (χ1) is 14.3. The zero-order chi connectivity index (χ0) is 21.8. The summed E-state index contributed by atoms with van der Waals surface area (Å²) in [5.41, 5.74) is 2.25. The van der Waals surface area contributed by atoms with Gasteiger partial charge in [0.25, 0.3) is 11.5 Å². The maximum Gasteiger partial charge on any atom is 0.274 e. The highest BCUT2D eigenvalue weighted by atomic mass is 79.9. The van der Waals surface area contributed by atoms with Gasteiger partial charge in [0.15, 0.2) is 0 Å². The highest BCUT2D eigenvalue weighted by Crippen LogP contribution is 2.21. The minimum Gasteiger partial charge on any atom is -0.472 e. The Morgan fingerprint density at radius 3 is 2.57 bits per heavy atom. The van der Waals surface area contributed by atoms with Gasteiger partial charge >= 0.3 is 0 Å². The number of aromatic nitrogens is 2. The number of carbonyl (C=O) groups excluding carboxylic acids is 1. The second-order valence-corrected chi connectivity index (χ2v) is 7.12. The molecule has 3 aromatic rings. The van der Waals surface area contributed by atoms with Gasteiger partial charge in [-0.15, -0.1) is 0 Å². The summed E-state index contributed by atoms with van der Waals surface area (Å²) >= 11 is 3.17. The SMILES string of the molecule is Cc1nc(OCc2ccc(F)cc2F)c(Br)c(=O)n1Cc1ccc(C(=O)NO)cc1. The lowest BCUT2D eigenvalue weighted by Crippen LogP contribution is -2.26. The Hall–Kier alpha value is -3.11. The molecule has 0 aliphatic rings. The van der Waals surface area contributed by atoms with Crippen molar-refractivity contribution in [2.24, 2.45) is 0 Å². The Balaban J connectivity index is 1.80. The van der Waals surface area contributed by atoms with Gasteiger partial charge in [-0.25, -0.2) is 14.3 Å². The van der Waals surface area contributed by atoms with E-state index in [4.69, 9.17) is 9.94 Å². The lowest BCUT2D eigenvalue weighted by atomic mass is 10.1. The van der Waals surface area contributed by atoms with Gasteiger partial charge in [-0.2, -0.15) is 4.98 Å². The zero-order valence-electron chi connectivity index (χ0n) is 15.7. The van der Waals surface area contributed by atoms with Crippen LogP contribution in [0.25, 0.3) is 0 Å². The van der Waals surface area contributed by atoms with Crippen LogP contribution in [0, 0.1) is 18.6 Å². The second kappa shape index (κ2) is 9.14. The summed E-state index contributed by atoms with van der Waals surface area (Å²) in [6.45, 7) is 1.58. The number of nitrogens with one attached hydrogen (secondary N) is 1. The number of halogens is 3. The van der Waals surface area contributed by atoms with Crippen LogP contribution < -0.4 is 15.8 Å². The third-order valence-electron chi connectivity index (χ3n) is 4.31. The van der Waals surface area contributed by atoms with Crippen LogP contribution in [0.2, 0.25) is 0 Å². The fourth-order valence-electron chi connectivity index (χ4n) is 2.69. The molecular weight excluding hydrogens is 464 g/mol. The van der Waals surface area contributed by atoms with Crippen molar-refractivity contribution in [3.63, 3.8) is 0 Å². The van der Waals surface area contributed by atoms with E-state index in [1.807, 2.05) is 0 Å². The minimum absolute atomic E-state index is 0.00700. The number of amides is 1. The number of hydrogen-bond donors (Lipinski definition) is 2. The number of rotatable bonds is 6. The third-order valence-corrected chi connectivity index (χ3v) is 4.99. The van der Waals surface area contributed by atoms with Crippen LogP contribution in [0.15, 0.2) is 51.7 Å². The summed E-state index contributed by atoms with van der Waals surface area (Å²) in [5, 5.41) is 8.66. The van der Waals surface area contributed by atoms with Crippen molar-refractivity contribution in [2.45, 2.75) is 20.1 Å². The summed E-state index contributed by atoms with van der Waals surface area (Å²) in [6, 6.07) is 9.44. The number of benzene rings is 2. The number of nitrogens with zero attached hydrogens (tertiary/aromatic N) is 2. The van der Waals surface area contributed by atoms with Crippen LogP contribution in [0.1, 0.15) is 27.3 Å². The molecular formula is C20H16BrF2N3O4. The minimum atomic E-state index is -0.755. The van der Waals surface area contributed by atoms with E-state index in [2.05, 4.69) is 20.9 Å². The van der Waals surface area contributed by atoms with E-state index in [9.17, 15) is 18.4 Å². The molecule has 0 atom stereocenters. The summed E-state index contributed by atoms with van der Waals surface area (Å²) in [6.07, 6.45) is 0. The Morgan fingerprint density at radius 1 is 1.23 bits per heavy atom. The van der Waals surface area contributed by atoms with E-state index in [-0.39, 0.29) is 34.6 Å². The number of aryl methyl sites for hydroxylation is 1. The normalized spacial score (nSPS) is 10.7. The molecule has 2 aromatic carbocycles. The van der Waals surface area contributed by atoms with Gasteiger partial charge in [0, 0.05) is 17.2 Å². The molecule has 0 bridgehead atoms. The molecule has 3 rings (SSSR count). The smallest absolute Gasteiger partial charge is 0.274 e. The summed E-state index contributed by atoms with van der Waals surface area (Å²) in [7, 11) is 0. The largest absolute Gasteiger partial charge is 0.472 e. The first-order valence-electron chi connectivity index (χ1n) is 8.67. The number of hydroxylamine groups is 1. The Kier molecular flexibility index (Phi) is 6.58. The van der Waals surface area contributed by atoms with E-state index in [1.165, 1.54) is 22.8 Å². The molecule has 7 nitrogen and oxygen atoms in total. The molecule has 0 unspecified atom stereocenters. The number of carbonyl (C=O) groups is 1. The molecule has 30 heavy (non-hydrogen) atoms. The maximum atomic E-state index is 13.8. The summed E-state index contributed by atoms with van der Waals surface area (Å²) in [5.74, 6) is -1.74. The van der Waals surface area contributed by atoms with Crippen molar-refractivity contribution < 1.29 is 23.5 Å². The molecule has 2 N–H and O–H groups in total. The van der Waals surface area contributed by atoms with Gasteiger partial charge in [-0.05, 0) is 52.7 Å². The summed E-state index contributed by atoms with van der Waals surface area (Å²) in [4.78, 5) is 28.4. The Labute approximate surface area is 178 Å². The van der Waals surface area contributed by atoms with E-state index in [0.29, 0.717) is 5.82 Å². The van der Waals surface area contributed by atoms with Gasteiger partial charge in [0.2, 0.25) is 5.88 Å². The van der Waals surface area contributed by atoms with Crippen LogP contribution in [-0.2, 0) is 13.2 Å². The van der Waals surface area contributed by atoms with Crippen LogP contribution >= 0.6 is 15.9 Å². The molecule has 1 heterocycles. The van der Waals surface area contributed by atoms with Gasteiger partial charge in [-0.1, -0.05) is 12.1 Å². The molecule has 10 heteroatoms. The lowest BCUT2D eigenvalue weighted by molar-refractivity contribution is 0.0706. The first-order valence-corrected chi connectivity index (χ1v) is 9.46. The number of hydrogen-bond acceptors (Lipinski definition) is 5. The van der Waals surface area contributed by atoms with Crippen molar-refractivity contribution in [3.05, 3.63) is 91.4 Å². The molecule has 0 aliphatic heterocycles. The van der Waals surface area contributed by atoms with Crippen molar-refractivity contribution in [1.82, 2.24) is 15.0 Å². The molecule has 0 fully saturated rings. The molecule has 0 saturated heterocycles. The van der Waals surface area contributed by atoms with E-state index in [0.717, 1.165) is 17.7 Å². The van der Waals surface area contributed by atoms with Gasteiger partial charge in [-0.3, -0.25) is 19.4 Å². The van der Waals surface area contributed by atoms with Crippen LogP contribution in [0.4, 0.5) is 8.78 Å². The van der Waals surface area contributed by atoms with Gasteiger partial charge in [0.05, 0.1) is 6.54 Å². The quantitative estimate of drug-likeness (QED) is 0.417. The molecule has 0 spiro atoms. The molecule has 1 aromatic heterocycles. The Morgan fingerprint density at radius 2 is 1.93 bits per heavy atom. The van der Waals surface area contributed by atoms with Crippen LogP contribution in [0.5, 0.6) is 5.88 Å². The third kappa shape index (κ3) is 4.71. The molecule has 1 amide bonds. The highest BCUT2D eigenvalue weighted by molar-refractivity contribution is 9.10. The topological polar surface area (TPSA) is 93.5 Å². The first kappa shape index (κ1) is 21.6. The fraction of sp³-hybridized carbons (Fsp3) is 0.150. The lowest BCUT2D eigenvalue weighted by Gasteiger charge is -2.14. The molecule has 0 radical (unpaired) electrons. The van der Waals surface area contributed by atoms with Crippen molar-refractivity contribution in [1.29, 1.82) is 0 Å². The monoisotopic (exact) mass is 479 g/mol.